The second-order valence-electron chi connectivity index (χ2n) is 2.33. The zero-order valence-corrected chi connectivity index (χ0v) is 9.20. The summed E-state index contributed by atoms with van der Waals surface area (Å²) < 4.78 is 0. The molecule has 0 rings (SSSR count). The van der Waals surface area contributed by atoms with Crippen LogP contribution in [0.15, 0.2) is 0 Å². The number of aliphatic hydroxyl groups excluding tert-OH is 1. The van der Waals surface area contributed by atoms with Gasteiger partial charge in [-0.1, -0.05) is 44.7 Å². The molecule has 1 atom stereocenters. The summed E-state index contributed by atoms with van der Waals surface area (Å²) in [6.07, 6.45) is 5.75. The van der Waals surface area contributed by atoms with Gasteiger partial charge in [0.25, 0.3) is 0 Å². The molecule has 0 bridgehead atoms. The van der Waals surface area contributed by atoms with Gasteiger partial charge in [0.2, 0.25) is 0 Å². The standard InChI is InChI=1S/C7H14Br2O/c8-6-4-2-1-3-5-7(9)10/h7,10H,1-6H2. The summed E-state index contributed by atoms with van der Waals surface area (Å²) in [5.74, 6) is 0. The minimum atomic E-state index is -0.295. The third-order valence-corrected chi connectivity index (χ3v) is 2.34. The van der Waals surface area contributed by atoms with E-state index in [1.807, 2.05) is 0 Å². The van der Waals surface area contributed by atoms with Gasteiger partial charge in [0, 0.05) is 5.33 Å². The van der Waals surface area contributed by atoms with E-state index in [2.05, 4.69) is 31.9 Å². The monoisotopic (exact) mass is 272 g/mol. The number of hydrogen-bond acceptors (Lipinski definition) is 1. The Bertz CT molecular complexity index is 66.6. The van der Waals surface area contributed by atoms with E-state index in [0.29, 0.717) is 0 Å². The van der Waals surface area contributed by atoms with Crippen molar-refractivity contribution in [3.63, 3.8) is 0 Å². The van der Waals surface area contributed by atoms with Gasteiger partial charge in [0.05, 0.1) is 0 Å². The first-order chi connectivity index (χ1) is 4.77. The molecule has 0 saturated heterocycles. The Kier molecular flexibility index (Phi) is 8.76. The smallest absolute Gasteiger partial charge is 0.109 e. The van der Waals surface area contributed by atoms with Crippen LogP contribution >= 0.6 is 31.9 Å². The fourth-order valence-electron chi connectivity index (χ4n) is 0.761. The van der Waals surface area contributed by atoms with E-state index in [0.717, 1.165) is 18.2 Å². The largest absolute Gasteiger partial charge is 0.382 e. The second kappa shape index (κ2) is 8.02. The summed E-state index contributed by atoms with van der Waals surface area (Å²) in [4.78, 5) is 0. The van der Waals surface area contributed by atoms with Gasteiger partial charge in [-0.2, -0.15) is 0 Å². The lowest BCUT2D eigenvalue weighted by Gasteiger charge is -2.00. The van der Waals surface area contributed by atoms with Gasteiger partial charge in [0.1, 0.15) is 5.01 Å². The molecule has 62 valence electrons. The summed E-state index contributed by atoms with van der Waals surface area (Å²) in [7, 11) is 0. The van der Waals surface area contributed by atoms with Gasteiger partial charge in [-0.25, -0.2) is 0 Å². The van der Waals surface area contributed by atoms with Gasteiger partial charge >= 0.3 is 0 Å². The highest BCUT2D eigenvalue weighted by Gasteiger charge is 1.95. The van der Waals surface area contributed by atoms with Gasteiger partial charge in [-0.3, -0.25) is 0 Å². The van der Waals surface area contributed by atoms with E-state index in [4.69, 9.17) is 5.11 Å². The Balaban J connectivity index is 2.77. The topological polar surface area (TPSA) is 20.2 Å². The minimum absolute atomic E-state index is 0.295. The summed E-state index contributed by atoms with van der Waals surface area (Å²) in [5.41, 5.74) is 0. The molecule has 0 amide bonds. The van der Waals surface area contributed by atoms with E-state index in [1.165, 1.54) is 19.3 Å². The first-order valence-electron chi connectivity index (χ1n) is 3.65. The normalized spacial score (nSPS) is 13.5. The second-order valence-corrected chi connectivity index (χ2v) is 4.18. The lowest BCUT2D eigenvalue weighted by atomic mass is 10.2. The molecule has 1 unspecified atom stereocenters. The molecule has 1 nitrogen and oxygen atoms in total. The van der Waals surface area contributed by atoms with Crippen molar-refractivity contribution in [2.24, 2.45) is 0 Å². The molecule has 0 aliphatic rings. The summed E-state index contributed by atoms with van der Waals surface area (Å²) in [6.45, 7) is 0. The quantitative estimate of drug-likeness (QED) is 0.583. The van der Waals surface area contributed by atoms with Crippen molar-refractivity contribution in [1.82, 2.24) is 0 Å². The van der Waals surface area contributed by atoms with E-state index in [-0.39, 0.29) is 5.01 Å². The van der Waals surface area contributed by atoms with Gasteiger partial charge < -0.3 is 5.11 Å². The van der Waals surface area contributed by atoms with Crippen molar-refractivity contribution in [1.29, 1.82) is 0 Å². The van der Waals surface area contributed by atoms with Gasteiger partial charge in [0.15, 0.2) is 0 Å². The molecule has 0 aliphatic carbocycles. The molecule has 0 aromatic heterocycles. The van der Waals surface area contributed by atoms with Gasteiger partial charge in [-0.15, -0.1) is 0 Å². The van der Waals surface area contributed by atoms with Crippen molar-refractivity contribution in [2.75, 3.05) is 5.33 Å². The molecule has 3 heteroatoms. The van der Waals surface area contributed by atoms with E-state index in [1.54, 1.807) is 0 Å². The Hall–Kier alpha value is 0.920. The fourth-order valence-corrected chi connectivity index (χ4v) is 1.48. The lowest BCUT2D eigenvalue weighted by molar-refractivity contribution is 0.254. The number of alkyl halides is 2. The van der Waals surface area contributed by atoms with Gasteiger partial charge in [-0.05, 0) is 19.3 Å². The van der Waals surface area contributed by atoms with Crippen LogP contribution in [0, 0.1) is 0 Å². The molecule has 0 spiro atoms. The van der Waals surface area contributed by atoms with Crippen molar-refractivity contribution in [2.45, 2.75) is 37.1 Å². The van der Waals surface area contributed by atoms with Crippen LogP contribution in [0.3, 0.4) is 0 Å². The Morgan fingerprint density at radius 2 is 1.70 bits per heavy atom. The average Bonchev–Trinajstić information content (AvgIpc) is 1.87. The third kappa shape index (κ3) is 8.92. The predicted octanol–water partition coefficient (Wildman–Crippen LogP) is 3.05. The van der Waals surface area contributed by atoms with Crippen LogP contribution in [0.1, 0.15) is 32.1 Å². The maximum atomic E-state index is 8.82. The van der Waals surface area contributed by atoms with Crippen LogP contribution in [0.5, 0.6) is 0 Å². The molecule has 10 heavy (non-hydrogen) atoms. The van der Waals surface area contributed by atoms with Crippen LogP contribution in [0.25, 0.3) is 0 Å². The molecule has 0 aromatic carbocycles. The maximum Gasteiger partial charge on any atom is 0.109 e. The molecule has 0 aromatic rings. The Morgan fingerprint density at radius 3 is 2.20 bits per heavy atom. The lowest BCUT2D eigenvalue weighted by Crippen LogP contribution is -1.93. The van der Waals surface area contributed by atoms with Crippen LogP contribution in [0.4, 0.5) is 0 Å². The molecular formula is C7H14Br2O. The number of unbranched alkanes of at least 4 members (excludes halogenated alkanes) is 3. The van der Waals surface area contributed by atoms with Crippen LogP contribution < -0.4 is 0 Å². The fraction of sp³-hybridized carbons (Fsp3) is 1.00. The van der Waals surface area contributed by atoms with Crippen molar-refractivity contribution in [3.05, 3.63) is 0 Å². The van der Waals surface area contributed by atoms with Crippen molar-refractivity contribution >= 4 is 31.9 Å². The zero-order valence-electron chi connectivity index (χ0n) is 6.02. The third-order valence-electron chi connectivity index (χ3n) is 1.33. The highest BCUT2D eigenvalue weighted by molar-refractivity contribution is 9.09. The SMILES string of the molecule is OC(Br)CCCCCCBr. The first-order valence-corrected chi connectivity index (χ1v) is 5.69. The van der Waals surface area contributed by atoms with E-state index in [9.17, 15) is 0 Å². The van der Waals surface area contributed by atoms with Crippen molar-refractivity contribution < 1.29 is 5.11 Å². The highest BCUT2D eigenvalue weighted by Crippen LogP contribution is 2.09. The molecular weight excluding hydrogens is 260 g/mol. The molecule has 1 N–H and O–H groups in total. The number of hydrogen-bond donors (Lipinski definition) is 1. The molecule has 0 fully saturated rings. The van der Waals surface area contributed by atoms with Crippen molar-refractivity contribution in [3.8, 4) is 0 Å². The van der Waals surface area contributed by atoms with E-state index < -0.39 is 0 Å². The summed E-state index contributed by atoms with van der Waals surface area (Å²) >= 11 is 6.46. The molecule has 0 heterocycles. The van der Waals surface area contributed by atoms with E-state index >= 15 is 0 Å². The number of aliphatic hydroxyl groups is 1. The summed E-state index contributed by atoms with van der Waals surface area (Å²) in [6, 6.07) is 0. The number of halogens is 2. The Morgan fingerprint density at radius 1 is 1.10 bits per heavy atom. The number of rotatable bonds is 6. The first kappa shape index (κ1) is 10.9. The zero-order chi connectivity index (χ0) is 7.82. The molecule has 0 radical (unpaired) electrons. The maximum absolute atomic E-state index is 8.82. The van der Waals surface area contributed by atoms with Crippen LogP contribution in [0.2, 0.25) is 0 Å². The van der Waals surface area contributed by atoms with Crippen LogP contribution in [-0.4, -0.2) is 15.4 Å². The summed E-state index contributed by atoms with van der Waals surface area (Å²) in [5, 5.41) is 9.62. The minimum Gasteiger partial charge on any atom is -0.382 e. The average molecular weight is 274 g/mol. The molecule has 0 saturated carbocycles. The van der Waals surface area contributed by atoms with Crippen LogP contribution in [-0.2, 0) is 0 Å². The Labute approximate surface area is 79.5 Å². The molecule has 0 aliphatic heterocycles. The predicted molar refractivity (Wildman–Crippen MR) is 51.8 cm³/mol. The highest BCUT2D eigenvalue weighted by atomic mass is 79.9.